The fourth-order valence-electron chi connectivity index (χ4n) is 1.03. The first-order valence-corrected chi connectivity index (χ1v) is 5.54. The SMILES string of the molecule is CC(N)(C(=O)Nc1c(Cl)cc(F)cc1Cl)C(F)(F)F. The van der Waals surface area contributed by atoms with Crippen LogP contribution in [0, 0.1) is 5.82 Å². The fourth-order valence-corrected chi connectivity index (χ4v) is 1.59. The third-order valence-corrected chi connectivity index (χ3v) is 2.90. The number of amides is 1. The number of rotatable bonds is 2. The number of halogens is 6. The van der Waals surface area contributed by atoms with Gasteiger partial charge in [-0.05, 0) is 19.1 Å². The Morgan fingerprint density at radius 3 is 2.05 bits per heavy atom. The zero-order chi connectivity index (χ0) is 15.0. The van der Waals surface area contributed by atoms with Crippen molar-refractivity contribution in [3.8, 4) is 0 Å². The predicted octanol–water partition coefficient (Wildman–Crippen LogP) is 3.35. The number of carbonyl (C=O) groups is 1. The van der Waals surface area contributed by atoms with Crippen molar-refractivity contribution < 1.29 is 22.4 Å². The zero-order valence-corrected chi connectivity index (χ0v) is 10.9. The van der Waals surface area contributed by atoms with E-state index in [1.807, 2.05) is 5.32 Å². The molecular formula is C10H8Cl2F4N2O. The van der Waals surface area contributed by atoms with Crippen molar-refractivity contribution in [2.45, 2.75) is 18.6 Å². The molecule has 0 saturated carbocycles. The second-order valence-electron chi connectivity index (χ2n) is 3.90. The summed E-state index contributed by atoms with van der Waals surface area (Å²) in [7, 11) is 0. The molecule has 0 spiro atoms. The zero-order valence-electron chi connectivity index (χ0n) is 9.41. The van der Waals surface area contributed by atoms with Gasteiger partial charge < -0.3 is 11.1 Å². The second-order valence-corrected chi connectivity index (χ2v) is 4.71. The van der Waals surface area contributed by atoms with Crippen LogP contribution < -0.4 is 11.1 Å². The molecule has 1 aromatic rings. The number of hydrogen-bond acceptors (Lipinski definition) is 2. The van der Waals surface area contributed by atoms with Gasteiger partial charge >= 0.3 is 6.18 Å². The summed E-state index contributed by atoms with van der Waals surface area (Å²) in [6.07, 6.45) is -4.96. The average molecular weight is 319 g/mol. The second kappa shape index (κ2) is 5.15. The number of nitrogens with two attached hydrogens (primary N) is 1. The van der Waals surface area contributed by atoms with Crippen LogP contribution in [0.25, 0.3) is 0 Å². The minimum atomic E-state index is -4.96. The molecule has 106 valence electrons. The molecule has 3 N–H and O–H groups in total. The minimum absolute atomic E-state index is 0.337. The number of nitrogens with one attached hydrogen (secondary N) is 1. The summed E-state index contributed by atoms with van der Waals surface area (Å²) in [6, 6.07) is 1.59. The van der Waals surface area contributed by atoms with Crippen LogP contribution >= 0.6 is 23.2 Å². The monoisotopic (exact) mass is 318 g/mol. The lowest BCUT2D eigenvalue weighted by molar-refractivity contribution is -0.184. The quantitative estimate of drug-likeness (QED) is 0.822. The summed E-state index contributed by atoms with van der Waals surface area (Å²) < 4.78 is 50.5. The van der Waals surface area contributed by atoms with Crippen LogP contribution in [-0.4, -0.2) is 17.6 Å². The Morgan fingerprint density at radius 2 is 1.68 bits per heavy atom. The highest BCUT2D eigenvalue weighted by Crippen LogP contribution is 2.34. The van der Waals surface area contributed by atoms with Crippen LogP contribution in [0.5, 0.6) is 0 Å². The molecule has 0 heterocycles. The molecule has 1 rings (SSSR count). The molecule has 0 bridgehead atoms. The highest BCUT2D eigenvalue weighted by molar-refractivity contribution is 6.39. The largest absolute Gasteiger partial charge is 0.415 e. The van der Waals surface area contributed by atoms with Gasteiger partial charge in [0.1, 0.15) is 5.82 Å². The highest BCUT2D eigenvalue weighted by Gasteiger charge is 2.54. The molecule has 3 nitrogen and oxygen atoms in total. The molecule has 9 heteroatoms. The molecule has 0 aromatic heterocycles. The van der Waals surface area contributed by atoms with E-state index in [0.29, 0.717) is 6.92 Å². The molecule has 19 heavy (non-hydrogen) atoms. The molecule has 0 aliphatic carbocycles. The van der Waals surface area contributed by atoms with E-state index in [1.165, 1.54) is 0 Å². The first-order chi connectivity index (χ1) is 8.46. The van der Waals surface area contributed by atoms with E-state index < -0.39 is 23.4 Å². The van der Waals surface area contributed by atoms with Crippen molar-refractivity contribution in [3.63, 3.8) is 0 Å². The Labute approximate surface area is 115 Å². The van der Waals surface area contributed by atoms with E-state index >= 15 is 0 Å². The van der Waals surface area contributed by atoms with E-state index in [0.717, 1.165) is 12.1 Å². The Morgan fingerprint density at radius 1 is 1.26 bits per heavy atom. The maximum atomic E-state index is 12.9. The van der Waals surface area contributed by atoms with Gasteiger partial charge in [-0.3, -0.25) is 4.79 Å². The molecule has 1 unspecified atom stereocenters. The molecule has 1 aromatic carbocycles. The van der Waals surface area contributed by atoms with E-state index in [4.69, 9.17) is 28.9 Å². The fraction of sp³-hybridized carbons (Fsp3) is 0.300. The van der Waals surface area contributed by atoms with Crippen molar-refractivity contribution in [3.05, 3.63) is 28.0 Å². The van der Waals surface area contributed by atoms with Crippen LogP contribution in [0.1, 0.15) is 6.92 Å². The van der Waals surface area contributed by atoms with Gasteiger partial charge in [0.2, 0.25) is 0 Å². The van der Waals surface area contributed by atoms with Crippen LogP contribution in [0.4, 0.5) is 23.2 Å². The number of carbonyl (C=O) groups excluding carboxylic acids is 1. The van der Waals surface area contributed by atoms with Crippen LogP contribution in [0.2, 0.25) is 10.0 Å². The third-order valence-electron chi connectivity index (χ3n) is 2.31. The number of anilines is 1. The van der Waals surface area contributed by atoms with Gasteiger partial charge in [-0.1, -0.05) is 23.2 Å². The van der Waals surface area contributed by atoms with Crippen molar-refractivity contribution in [1.29, 1.82) is 0 Å². The molecule has 1 amide bonds. The third kappa shape index (κ3) is 3.29. The van der Waals surface area contributed by atoms with Crippen LogP contribution in [0.3, 0.4) is 0 Å². The number of hydrogen-bond donors (Lipinski definition) is 2. The smallest absolute Gasteiger partial charge is 0.322 e. The predicted molar refractivity (Wildman–Crippen MR) is 63.7 cm³/mol. The first kappa shape index (κ1) is 16.0. The number of alkyl halides is 3. The van der Waals surface area contributed by atoms with E-state index in [1.54, 1.807) is 0 Å². The van der Waals surface area contributed by atoms with E-state index in [2.05, 4.69) is 0 Å². The molecule has 0 aliphatic heterocycles. The standard InChI is InChI=1S/C10H8Cl2F4N2O/c1-9(17,10(14,15)16)8(19)18-7-5(11)2-4(13)3-6(7)12/h2-3H,17H2,1H3,(H,18,19). The molecule has 0 saturated heterocycles. The summed E-state index contributed by atoms with van der Waals surface area (Å²) in [6.45, 7) is 0.494. The van der Waals surface area contributed by atoms with Gasteiger partial charge in [0.15, 0.2) is 5.54 Å². The normalized spacial score (nSPS) is 14.9. The van der Waals surface area contributed by atoms with Crippen LogP contribution in [0.15, 0.2) is 12.1 Å². The average Bonchev–Trinajstić information content (AvgIpc) is 2.21. The topological polar surface area (TPSA) is 55.1 Å². The van der Waals surface area contributed by atoms with Crippen LogP contribution in [-0.2, 0) is 4.79 Å². The van der Waals surface area contributed by atoms with Gasteiger partial charge in [0.05, 0.1) is 15.7 Å². The van der Waals surface area contributed by atoms with Gasteiger partial charge in [0.25, 0.3) is 5.91 Å². The summed E-state index contributed by atoms with van der Waals surface area (Å²) in [5.41, 5.74) is 1.45. The molecule has 0 aliphatic rings. The lowest BCUT2D eigenvalue weighted by Crippen LogP contribution is -2.59. The summed E-state index contributed by atoms with van der Waals surface area (Å²) in [5, 5.41) is 1.16. The highest BCUT2D eigenvalue weighted by atomic mass is 35.5. The number of benzene rings is 1. The van der Waals surface area contributed by atoms with Gasteiger partial charge in [-0.25, -0.2) is 4.39 Å². The van der Waals surface area contributed by atoms with Crippen molar-refractivity contribution in [2.24, 2.45) is 5.73 Å². The van der Waals surface area contributed by atoms with Gasteiger partial charge in [-0.2, -0.15) is 13.2 Å². The lowest BCUT2D eigenvalue weighted by atomic mass is 10.0. The molecule has 0 fully saturated rings. The van der Waals surface area contributed by atoms with Crippen molar-refractivity contribution >= 4 is 34.8 Å². The Balaban J connectivity index is 3.08. The minimum Gasteiger partial charge on any atom is -0.322 e. The Hall–Kier alpha value is -1.05. The lowest BCUT2D eigenvalue weighted by Gasteiger charge is -2.26. The van der Waals surface area contributed by atoms with Gasteiger partial charge in [0, 0.05) is 0 Å². The molecular weight excluding hydrogens is 311 g/mol. The maximum absolute atomic E-state index is 12.9. The van der Waals surface area contributed by atoms with Crippen molar-refractivity contribution in [2.75, 3.05) is 5.32 Å². The molecule has 0 radical (unpaired) electrons. The van der Waals surface area contributed by atoms with Gasteiger partial charge in [-0.15, -0.1) is 0 Å². The molecule has 1 atom stereocenters. The van der Waals surface area contributed by atoms with E-state index in [9.17, 15) is 22.4 Å². The Kier molecular flexibility index (Phi) is 4.33. The van der Waals surface area contributed by atoms with E-state index in [-0.39, 0.29) is 15.7 Å². The van der Waals surface area contributed by atoms with Crippen molar-refractivity contribution in [1.82, 2.24) is 0 Å². The summed E-state index contributed by atoms with van der Waals surface area (Å²) in [5.74, 6) is -2.35. The first-order valence-electron chi connectivity index (χ1n) is 4.78. The summed E-state index contributed by atoms with van der Waals surface area (Å²) >= 11 is 11.2. The Bertz CT molecular complexity index is 494. The maximum Gasteiger partial charge on any atom is 0.415 e. The summed E-state index contributed by atoms with van der Waals surface area (Å²) in [4.78, 5) is 11.5.